The van der Waals surface area contributed by atoms with Crippen molar-refractivity contribution in [2.45, 2.75) is 6.92 Å². The van der Waals surface area contributed by atoms with Gasteiger partial charge in [0, 0.05) is 41.1 Å². The van der Waals surface area contributed by atoms with Crippen LogP contribution in [0.25, 0.3) is 28.5 Å². The third kappa shape index (κ3) is 4.15. The summed E-state index contributed by atoms with van der Waals surface area (Å²) in [5.41, 5.74) is 2.00. The molecule has 0 aliphatic heterocycles. The van der Waals surface area contributed by atoms with E-state index in [1.54, 1.807) is 16.8 Å². The second-order valence-corrected chi connectivity index (χ2v) is 7.51. The Morgan fingerprint density at radius 2 is 1.88 bits per heavy atom. The quantitative estimate of drug-likeness (QED) is 0.383. The molecule has 0 radical (unpaired) electrons. The molecule has 0 spiro atoms. The Bertz CT molecular complexity index is 1620. The minimum atomic E-state index is -0.508. The molecule has 4 heterocycles. The zero-order valence-corrected chi connectivity index (χ0v) is 18.3. The van der Waals surface area contributed by atoms with Crippen LogP contribution in [-0.4, -0.2) is 40.0 Å². The number of aryl methyl sites for hydroxylation is 1. The average molecular weight is 472 g/mol. The van der Waals surface area contributed by atoms with Crippen molar-refractivity contribution in [1.29, 1.82) is 0 Å². The third-order valence-corrected chi connectivity index (χ3v) is 5.03. The highest BCUT2D eigenvalue weighted by atomic mass is 35.5. The van der Waals surface area contributed by atoms with E-state index < -0.39 is 5.56 Å². The first-order valence-electron chi connectivity index (χ1n) is 9.90. The number of para-hydroxylation sites is 1. The molecule has 2 N–H and O–H groups in total. The summed E-state index contributed by atoms with van der Waals surface area (Å²) in [6, 6.07) is 13.5. The fourth-order valence-corrected chi connectivity index (χ4v) is 3.39. The molecule has 4 aromatic heterocycles. The molecule has 0 amide bonds. The molecule has 166 valence electrons. The third-order valence-electron chi connectivity index (χ3n) is 4.71. The highest BCUT2D eigenvalue weighted by molar-refractivity contribution is 6.32. The van der Waals surface area contributed by atoms with Gasteiger partial charge in [-0.2, -0.15) is 0 Å². The van der Waals surface area contributed by atoms with Crippen LogP contribution in [0.4, 0.5) is 0 Å². The van der Waals surface area contributed by atoms with Crippen LogP contribution in [0.1, 0.15) is 17.4 Å². The van der Waals surface area contributed by atoms with Crippen LogP contribution in [0.2, 0.25) is 5.02 Å². The molecule has 1 aromatic carbocycles. The van der Waals surface area contributed by atoms with Crippen molar-refractivity contribution in [1.82, 2.24) is 34.9 Å². The number of H-pyrrole nitrogens is 1. The zero-order valence-electron chi connectivity index (χ0n) is 17.5. The van der Waals surface area contributed by atoms with Gasteiger partial charge < -0.3 is 9.52 Å². The molecule has 0 fully saturated rings. The first-order chi connectivity index (χ1) is 16.5. The van der Waals surface area contributed by atoms with E-state index in [1.165, 1.54) is 12.1 Å². The number of rotatable bonds is 3. The summed E-state index contributed by atoms with van der Waals surface area (Å²) in [4.78, 5) is 18.1. The van der Waals surface area contributed by atoms with E-state index in [-0.39, 0.29) is 29.0 Å². The van der Waals surface area contributed by atoms with Crippen LogP contribution in [-0.2, 0) is 0 Å². The molecular formula is C23H14ClN7O3. The second-order valence-electron chi connectivity index (χ2n) is 7.10. The molecular weight excluding hydrogens is 458 g/mol. The topological polar surface area (TPSA) is 136 Å². The van der Waals surface area contributed by atoms with E-state index in [4.69, 9.17) is 16.0 Å². The van der Waals surface area contributed by atoms with Crippen LogP contribution < -0.4 is 5.56 Å². The lowest BCUT2D eigenvalue weighted by atomic mass is 10.2. The van der Waals surface area contributed by atoms with Gasteiger partial charge in [0.2, 0.25) is 11.7 Å². The fourth-order valence-electron chi connectivity index (χ4n) is 3.17. The van der Waals surface area contributed by atoms with E-state index in [9.17, 15) is 9.90 Å². The first kappa shape index (κ1) is 21.1. The average Bonchev–Trinajstić information content (AvgIpc) is 3.45. The number of aromatic nitrogens is 7. The molecule has 5 rings (SSSR count). The van der Waals surface area contributed by atoms with Crippen LogP contribution in [0, 0.1) is 18.8 Å². The molecule has 0 saturated carbocycles. The van der Waals surface area contributed by atoms with Crippen LogP contribution in [0.15, 0.2) is 63.9 Å². The zero-order chi connectivity index (χ0) is 23.7. The van der Waals surface area contributed by atoms with Crippen molar-refractivity contribution in [3.63, 3.8) is 0 Å². The Kier molecular flexibility index (Phi) is 5.37. The van der Waals surface area contributed by atoms with Crippen molar-refractivity contribution >= 4 is 11.6 Å². The van der Waals surface area contributed by atoms with Crippen molar-refractivity contribution in [3.8, 4) is 46.3 Å². The van der Waals surface area contributed by atoms with Gasteiger partial charge in [-0.1, -0.05) is 28.8 Å². The van der Waals surface area contributed by atoms with E-state index in [0.717, 1.165) is 11.3 Å². The second kappa shape index (κ2) is 8.65. The van der Waals surface area contributed by atoms with Gasteiger partial charge >= 0.3 is 0 Å². The minimum absolute atomic E-state index is 0.0120. The maximum absolute atomic E-state index is 11.6. The Morgan fingerprint density at radius 1 is 1.03 bits per heavy atom. The lowest BCUT2D eigenvalue weighted by Gasteiger charge is -2.09. The molecule has 0 aliphatic carbocycles. The van der Waals surface area contributed by atoms with Gasteiger partial charge in [0.15, 0.2) is 11.7 Å². The van der Waals surface area contributed by atoms with Gasteiger partial charge in [-0.15, -0.1) is 15.3 Å². The standard InChI is InChI=1S/C23H14ClN7O3/c1-13-6-7-14(12-25-13)22-29-27-18(31(22)17-5-3-2-4-16(17)24)8-9-21-28-30-23(34-21)15-10-19(32)26-20(33)11-15/h2-7,10-12H,1H3,(H2,26,32,33). The normalized spacial score (nSPS) is 10.6. The number of nitrogens with one attached hydrogen (secondary N) is 1. The van der Waals surface area contributed by atoms with Crippen molar-refractivity contribution < 1.29 is 9.52 Å². The summed E-state index contributed by atoms with van der Waals surface area (Å²) >= 11 is 6.46. The number of benzene rings is 1. The van der Waals surface area contributed by atoms with E-state index in [0.29, 0.717) is 16.5 Å². The number of aromatic hydroxyl groups is 1. The van der Waals surface area contributed by atoms with Gasteiger partial charge in [0.05, 0.1) is 10.7 Å². The monoisotopic (exact) mass is 471 g/mol. The molecule has 34 heavy (non-hydrogen) atoms. The predicted octanol–water partition coefficient (Wildman–Crippen LogP) is 3.13. The highest BCUT2D eigenvalue weighted by Gasteiger charge is 2.17. The Hall–Kier alpha value is -4.75. The number of hydrogen-bond donors (Lipinski definition) is 2. The smallest absolute Gasteiger partial charge is 0.294 e. The molecule has 0 bridgehead atoms. The molecule has 0 atom stereocenters. The molecule has 5 aromatic rings. The van der Waals surface area contributed by atoms with Crippen molar-refractivity contribution in [2.24, 2.45) is 0 Å². The van der Waals surface area contributed by atoms with E-state index in [1.807, 2.05) is 37.3 Å². The molecule has 0 saturated heterocycles. The summed E-state index contributed by atoms with van der Waals surface area (Å²) in [6.45, 7) is 1.89. The van der Waals surface area contributed by atoms with E-state index in [2.05, 4.69) is 42.2 Å². The van der Waals surface area contributed by atoms with Crippen molar-refractivity contribution in [3.05, 3.63) is 87.5 Å². The SMILES string of the molecule is Cc1ccc(-c2nnc(C#Cc3nnc(-c4cc(O)[nH]c(=O)c4)o3)n2-c2ccccc2Cl)cn1. The summed E-state index contributed by atoms with van der Waals surface area (Å²) in [5.74, 6) is 6.15. The molecule has 10 nitrogen and oxygen atoms in total. The lowest BCUT2D eigenvalue weighted by Crippen LogP contribution is -2.03. The Balaban J connectivity index is 1.57. The Labute approximate surface area is 196 Å². The maximum Gasteiger partial charge on any atom is 0.294 e. The van der Waals surface area contributed by atoms with Gasteiger partial charge in [0.1, 0.15) is 0 Å². The number of nitrogens with zero attached hydrogens (tertiary/aromatic N) is 6. The molecule has 11 heteroatoms. The first-order valence-corrected chi connectivity index (χ1v) is 10.3. The maximum atomic E-state index is 11.6. The summed E-state index contributed by atoms with van der Waals surface area (Å²) in [5, 5.41) is 26.3. The molecule has 0 aliphatic rings. The number of halogens is 1. The van der Waals surface area contributed by atoms with Gasteiger partial charge in [0.25, 0.3) is 11.4 Å². The molecule has 0 unspecified atom stereocenters. The van der Waals surface area contributed by atoms with Crippen LogP contribution in [0.5, 0.6) is 5.88 Å². The van der Waals surface area contributed by atoms with Gasteiger partial charge in [-0.05, 0) is 37.1 Å². The lowest BCUT2D eigenvalue weighted by molar-refractivity contribution is 0.451. The summed E-state index contributed by atoms with van der Waals surface area (Å²) < 4.78 is 7.24. The van der Waals surface area contributed by atoms with Crippen LogP contribution >= 0.6 is 11.6 Å². The predicted molar refractivity (Wildman–Crippen MR) is 122 cm³/mol. The van der Waals surface area contributed by atoms with Crippen molar-refractivity contribution in [2.75, 3.05) is 0 Å². The largest absolute Gasteiger partial charge is 0.494 e. The Morgan fingerprint density at radius 3 is 2.65 bits per heavy atom. The summed E-state index contributed by atoms with van der Waals surface area (Å²) in [7, 11) is 0. The fraction of sp³-hybridized carbons (Fsp3) is 0.0435. The number of pyridine rings is 2. The van der Waals surface area contributed by atoms with Gasteiger partial charge in [-0.3, -0.25) is 19.3 Å². The minimum Gasteiger partial charge on any atom is -0.494 e. The van der Waals surface area contributed by atoms with Crippen LogP contribution in [0.3, 0.4) is 0 Å². The number of hydrogen-bond acceptors (Lipinski definition) is 8. The summed E-state index contributed by atoms with van der Waals surface area (Å²) in [6.07, 6.45) is 1.70. The highest BCUT2D eigenvalue weighted by Crippen LogP contribution is 2.27. The number of aromatic amines is 1. The van der Waals surface area contributed by atoms with E-state index >= 15 is 0 Å². The van der Waals surface area contributed by atoms with Gasteiger partial charge in [-0.25, -0.2) is 0 Å².